The van der Waals surface area contributed by atoms with Crippen LogP contribution in [0.3, 0.4) is 0 Å². The first kappa shape index (κ1) is 23.3. The van der Waals surface area contributed by atoms with E-state index in [-0.39, 0.29) is 0 Å². The Hall–Kier alpha value is -4.32. The van der Waals surface area contributed by atoms with Crippen molar-refractivity contribution in [3.63, 3.8) is 0 Å². The first-order valence-corrected chi connectivity index (χ1v) is 10.1. The molecule has 0 aliphatic rings. The molecule has 2 amide bonds. The smallest absolute Gasteiger partial charge is 0.313 e. The Morgan fingerprint density at radius 1 is 1.15 bits per heavy atom. The van der Waals surface area contributed by atoms with Gasteiger partial charge >= 0.3 is 11.8 Å². The first-order chi connectivity index (χ1) is 15.8. The number of rotatable bonds is 8. The van der Waals surface area contributed by atoms with E-state index in [0.717, 1.165) is 0 Å². The van der Waals surface area contributed by atoms with Crippen LogP contribution in [-0.4, -0.2) is 36.1 Å². The maximum absolute atomic E-state index is 12.4. The summed E-state index contributed by atoms with van der Waals surface area (Å²) in [5.41, 5.74) is 0.929. The summed E-state index contributed by atoms with van der Waals surface area (Å²) >= 11 is 0. The number of methoxy groups -OCH3 is 1. The van der Waals surface area contributed by atoms with E-state index < -0.39 is 17.4 Å². The van der Waals surface area contributed by atoms with Crippen molar-refractivity contribution in [1.29, 1.82) is 5.26 Å². The Morgan fingerprint density at radius 2 is 1.91 bits per heavy atom. The van der Waals surface area contributed by atoms with E-state index >= 15 is 0 Å². The minimum atomic E-state index is -0.800. The van der Waals surface area contributed by atoms with Crippen LogP contribution in [0.5, 0.6) is 11.5 Å². The third-order valence-corrected chi connectivity index (χ3v) is 4.79. The second-order valence-corrected chi connectivity index (χ2v) is 7.81. The molecule has 1 aromatic heterocycles. The first-order valence-electron chi connectivity index (χ1n) is 10.1. The van der Waals surface area contributed by atoms with E-state index in [0.29, 0.717) is 47.1 Å². The second kappa shape index (κ2) is 10.3. The fraction of sp³-hybridized carbons (Fsp3) is 0.250. The number of benzene rings is 2. The molecule has 3 aromatic rings. The van der Waals surface area contributed by atoms with Crippen molar-refractivity contribution in [1.82, 2.24) is 10.3 Å². The highest BCUT2D eigenvalue weighted by atomic mass is 16.5. The molecule has 0 unspecified atom stereocenters. The zero-order chi connectivity index (χ0) is 23.8. The van der Waals surface area contributed by atoms with Crippen LogP contribution in [0.4, 0.5) is 5.69 Å². The highest BCUT2D eigenvalue weighted by Crippen LogP contribution is 2.32. The van der Waals surface area contributed by atoms with E-state index in [1.807, 2.05) is 6.07 Å². The number of carbonyl (C=O) groups excluding carboxylic acids is 2. The molecule has 9 heteroatoms. The van der Waals surface area contributed by atoms with Gasteiger partial charge in [0, 0.05) is 23.7 Å². The fourth-order valence-corrected chi connectivity index (χ4v) is 2.99. The number of hydrogen-bond acceptors (Lipinski definition) is 7. The molecule has 0 saturated carbocycles. The van der Waals surface area contributed by atoms with Crippen LogP contribution in [0.15, 0.2) is 59.5 Å². The molecule has 0 aliphatic carbocycles. The van der Waals surface area contributed by atoms with Crippen LogP contribution in [0.2, 0.25) is 0 Å². The Morgan fingerprint density at radius 3 is 2.55 bits per heavy atom. The predicted octanol–water partition coefficient (Wildman–Crippen LogP) is 3.52. The van der Waals surface area contributed by atoms with Gasteiger partial charge in [-0.25, -0.2) is 4.98 Å². The Labute approximate surface area is 191 Å². The van der Waals surface area contributed by atoms with Crippen molar-refractivity contribution in [3.8, 4) is 28.9 Å². The van der Waals surface area contributed by atoms with Gasteiger partial charge in [-0.05, 0) is 50.2 Å². The van der Waals surface area contributed by atoms with Crippen molar-refractivity contribution in [2.75, 3.05) is 19.0 Å². The van der Waals surface area contributed by atoms with E-state index in [4.69, 9.17) is 19.2 Å². The van der Waals surface area contributed by atoms with Gasteiger partial charge in [-0.3, -0.25) is 9.59 Å². The number of hydrogen-bond donors (Lipinski definition) is 2. The van der Waals surface area contributed by atoms with E-state index in [1.165, 1.54) is 13.5 Å². The van der Waals surface area contributed by atoms with Crippen molar-refractivity contribution >= 4 is 17.5 Å². The normalized spacial score (nSPS) is 10.7. The lowest BCUT2D eigenvalue weighted by atomic mass is 10.0. The molecule has 0 aliphatic heterocycles. The maximum atomic E-state index is 12.4. The average molecular weight is 448 g/mol. The van der Waals surface area contributed by atoms with Crippen LogP contribution in [0.1, 0.15) is 25.8 Å². The van der Waals surface area contributed by atoms with Gasteiger partial charge in [-0.1, -0.05) is 0 Å². The van der Waals surface area contributed by atoms with Crippen LogP contribution in [-0.2, 0) is 9.59 Å². The van der Waals surface area contributed by atoms with Gasteiger partial charge in [-0.2, -0.15) is 5.26 Å². The fourth-order valence-electron chi connectivity index (χ4n) is 2.99. The minimum Gasteiger partial charge on any atom is -0.496 e. The minimum absolute atomic E-state index is 0.321. The highest BCUT2D eigenvalue weighted by Gasteiger charge is 2.25. The molecular weight excluding hydrogens is 424 g/mol. The van der Waals surface area contributed by atoms with Gasteiger partial charge in [0.15, 0.2) is 12.2 Å². The lowest BCUT2D eigenvalue weighted by molar-refractivity contribution is -0.137. The average Bonchev–Trinajstić information content (AvgIpc) is 3.33. The maximum Gasteiger partial charge on any atom is 0.313 e. The molecule has 0 spiro atoms. The largest absolute Gasteiger partial charge is 0.496 e. The number of aromatic nitrogens is 1. The number of nitriles is 1. The third kappa shape index (κ3) is 6.33. The van der Waals surface area contributed by atoms with Crippen molar-refractivity contribution in [2.24, 2.45) is 0 Å². The lowest BCUT2D eigenvalue weighted by Gasteiger charge is -2.26. The molecule has 170 valence electrons. The standard InChI is InChI=1S/C24H24N4O5/c1-24(2,10-11-32-18-7-4-16(13-25)5-8-18)28-23(30)22(29)27-17-6-9-19(20(12-17)31-3)21-14-26-15-33-21/h4-9,12,14-15H,10-11H2,1-3H3,(H,27,29)(H,28,30). The number of nitrogens with zero attached hydrogens (tertiary/aromatic N) is 2. The molecule has 0 bridgehead atoms. The van der Waals surface area contributed by atoms with E-state index in [1.54, 1.807) is 62.5 Å². The van der Waals surface area contributed by atoms with Crippen molar-refractivity contribution in [3.05, 3.63) is 60.6 Å². The zero-order valence-electron chi connectivity index (χ0n) is 18.5. The number of ether oxygens (including phenoxy) is 2. The molecule has 9 nitrogen and oxygen atoms in total. The van der Waals surface area contributed by atoms with Crippen LogP contribution < -0.4 is 20.1 Å². The van der Waals surface area contributed by atoms with Gasteiger partial charge in [0.1, 0.15) is 11.5 Å². The molecule has 3 rings (SSSR count). The number of carbonyl (C=O) groups is 2. The quantitative estimate of drug-likeness (QED) is 0.505. The topological polar surface area (TPSA) is 126 Å². The number of anilines is 1. The van der Waals surface area contributed by atoms with Crippen LogP contribution in [0, 0.1) is 11.3 Å². The van der Waals surface area contributed by atoms with Crippen LogP contribution >= 0.6 is 0 Å². The number of nitrogens with one attached hydrogen (secondary N) is 2. The summed E-state index contributed by atoms with van der Waals surface area (Å²) in [6, 6.07) is 13.7. The van der Waals surface area contributed by atoms with Crippen molar-refractivity contribution in [2.45, 2.75) is 25.8 Å². The summed E-state index contributed by atoms with van der Waals surface area (Å²) in [5, 5.41) is 14.1. The molecule has 0 atom stereocenters. The Kier molecular flexibility index (Phi) is 7.31. The number of amides is 2. The lowest BCUT2D eigenvalue weighted by Crippen LogP contribution is -2.48. The summed E-state index contributed by atoms with van der Waals surface area (Å²) in [7, 11) is 1.50. The SMILES string of the molecule is COc1cc(NC(=O)C(=O)NC(C)(C)CCOc2ccc(C#N)cc2)ccc1-c1cnco1. The molecule has 2 aromatic carbocycles. The van der Waals surface area contributed by atoms with Gasteiger partial charge in [0.25, 0.3) is 0 Å². The molecule has 0 saturated heterocycles. The third-order valence-electron chi connectivity index (χ3n) is 4.79. The highest BCUT2D eigenvalue weighted by molar-refractivity contribution is 6.39. The molecule has 0 radical (unpaired) electrons. The molecule has 1 heterocycles. The van der Waals surface area contributed by atoms with E-state index in [9.17, 15) is 9.59 Å². The predicted molar refractivity (Wildman–Crippen MR) is 121 cm³/mol. The monoisotopic (exact) mass is 448 g/mol. The number of oxazole rings is 1. The summed E-state index contributed by atoms with van der Waals surface area (Å²) in [6.07, 6.45) is 3.33. The van der Waals surface area contributed by atoms with Gasteiger partial charge in [0.05, 0.1) is 37.1 Å². The molecule has 0 fully saturated rings. The van der Waals surface area contributed by atoms with Crippen molar-refractivity contribution < 1.29 is 23.5 Å². The molecular formula is C24H24N4O5. The zero-order valence-corrected chi connectivity index (χ0v) is 18.5. The van der Waals surface area contributed by atoms with Gasteiger partial charge < -0.3 is 24.5 Å². The molecule has 33 heavy (non-hydrogen) atoms. The van der Waals surface area contributed by atoms with E-state index in [2.05, 4.69) is 15.6 Å². The summed E-state index contributed by atoms with van der Waals surface area (Å²) in [4.78, 5) is 28.7. The van der Waals surface area contributed by atoms with Gasteiger partial charge in [-0.15, -0.1) is 0 Å². The summed E-state index contributed by atoms with van der Waals surface area (Å²) in [5.74, 6) is 0.0384. The summed E-state index contributed by atoms with van der Waals surface area (Å²) in [6.45, 7) is 3.92. The Bertz CT molecular complexity index is 1150. The Balaban J connectivity index is 1.53. The van der Waals surface area contributed by atoms with Crippen LogP contribution in [0.25, 0.3) is 11.3 Å². The second-order valence-electron chi connectivity index (χ2n) is 7.81. The van der Waals surface area contributed by atoms with Gasteiger partial charge in [0.2, 0.25) is 0 Å². The molecule has 2 N–H and O–H groups in total. The summed E-state index contributed by atoms with van der Waals surface area (Å²) < 4.78 is 16.3.